The van der Waals surface area contributed by atoms with E-state index in [4.69, 9.17) is 31.6 Å². The molecule has 0 saturated heterocycles. The van der Waals surface area contributed by atoms with Crippen molar-refractivity contribution in [3.8, 4) is 68.9 Å². The van der Waals surface area contributed by atoms with Crippen LogP contribution in [-0.2, 0) is 22.6 Å². The Bertz CT molecular complexity index is 3350. The predicted octanol–water partition coefficient (Wildman–Crippen LogP) is 8.97. The molecule has 18 nitrogen and oxygen atoms in total. The number of aromatic nitrogens is 8. The van der Waals surface area contributed by atoms with Gasteiger partial charge in [0.25, 0.3) is 11.1 Å². The van der Waals surface area contributed by atoms with Crippen molar-refractivity contribution in [1.82, 2.24) is 39.5 Å². The maximum Gasteiger partial charge on any atom is 0.514 e. The lowest BCUT2D eigenvalue weighted by Crippen LogP contribution is -2.22. The molecule has 0 aliphatic carbocycles. The van der Waals surface area contributed by atoms with E-state index in [2.05, 4.69) is 47.0 Å². The van der Waals surface area contributed by atoms with Crippen LogP contribution in [0.5, 0.6) is 11.5 Å². The molecule has 356 valence electrons. The fourth-order valence-electron chi connectivity index (χ4n) is 6.38. The van der Waals surface area contributed by atoms with Crippen LogP contribution in [0.25, 0.3) is 45.3 Å². The highest BCUT2D eigenvalue weighted by Gasteiger charge is 2.12. The first-order valence-electron chi connectivity index (χ1n) is 21.6. The largest absolute Gasteiger partial charge is 0.514 e. The minimum Gasteiger partial charge on any atom is -0.505 e. The number of aromatic hydroxyl groups is 1. The summed E-state index contributed by atoms with van der Waals surface area (Å²) in [6.07, 6.45) is 4.22. The van der Waals surface area contributed by atoms with Crippen molar-refractivity contribution in [3.63, 3.8) is 0 Å². The van der Waals surface area contributed by atoms with Gasteiger partial charge in [-0.25, -0.2) is 38.9 Å². The SMILES string of the molecule is CC(C)OC(=O)Cl.CC(C)OC(=O)Oc1cnc(-c2cccc(Cn3nc(-c4cccc(C#N)c4)ccc3=O)c2)nc1.N#Cc1cccc(-c2ccc(=O)n(Cc3cccc(-c4ncc(O)cn4)c3)n2)c1. The van der Waals surface area contributed by atoms with Gasteiger partial charge in [0.2, 0.25) is 0 Å². The summed E-state index contributed by atoms with van der Waals surface area (Å²) in [4.78, 5) is 62.9. The molecule has 8 rings (SSSR count). The van der Waals surface area contributed by atoms with Crippen molar-refractivity contribution in [3.05, 3.63) is 189 Å². The van der Waals surface area contributed by atoms with Gasteiger partial charge in [-0.1, -0.05) is 60.7 Å². The van der Waals surface area contributed by atoms with Crippen LogP contribution in [0.4, 0.5) is 9.59 Å². The van der Waals surface area contributed by atoms with Gasteiger partial charge in [0, 0.05) is 46.0 Å². The average molecular weight is 971 g/mol. The molecule has 0 aliphatic heterocycles. The van der Waals surface area contributed by atoms with E-state index in [1.165, 1.54) is 46.3 Å². The third-order valence-corrected chi connectivity index (χ3v) is 9.56. The molecular weight excluding hydrogens is 928 g/mol. The topological polar surface area (TPSA) is 251 Å². The van der Waals surface area contributed by atoms with Gasteiger partial charge in [0.05, 0.1) is 84.7 Å². The summed E-state index contributed by atoms with van der Waals surface area (Å²) in [5.41, 5.74) is 5.73. The minimum atomic E-state index is -0.821. The number of carbonyl (C=O) groups excluding carboxylic acids is 2. The van der Waals surface area contributed by atoms with E-state index in [0.717, 1.165) is 33.4 Å². The minimum absolute atomic E-state index is 0.00191. The molecule has 4 heterocycles. The first-order valence-corrected chi connectivity index (χ1v) is 22.0. The molecule has 0 fully saturated rings. The third-order valence-electron chi connectivity index (χ3n) is 9.47. The van der Waals surface area contributed by atoms with E-state index in [-0.39, 0.29) is 47.9 Å². The van der Waals surface area contributed by atoms with Crippen LogP contribution in [0.15, 0.2) is 156 Å². The molecule has 0 bridgehead atoms. The molecule has 8 aromatic rings. The van der Waals surface area contributed by atoms with Crippen molar-refractivity contribution < 1.29 is 28.9 Å². The van der Waals surface area contributed by atoms with Crippen LogP contribution < -0.4 is 15.9 Å². The molecule has 0 spiro atoms. The molecule has 0 radical (unpaired) electrons. The lowest BCUT2D eigenvalue weighted by atomic mass is 10.1. The van der Waals surface area contributed by atoms with Gasteiger partial charge in [-0.05, 0) is 87.4 Å². The second kappa shape index (κ2) is 24.6. The van der Waals surface area contributed by atoms with Crippen molar-refractivity contribution >= 4 is 23.2 Å². The normalized spacial score (nSPS) is 10.4. The molecular formula is C52H43ClN10O8. The molecule has 0 unspecified atom stereocenters. The van der Waals surface area contributed by atoms with Crippen LogP contribution in [0.3, 0.4) is 0 Å². The molecule has 19 heteroatoms. The molecule has 4 aromatic carbocycles. The number of ether oxygens (including phenoxy) is 3. The van der Waals surface area contributed by atoms with Crippen molar-refractivity contribution in [2.45, 2.75) is 53.0 Å². The summed E-state index contributed by atoms with van der Waals surface area (Å²) in [6.45, 7) is 7.43. The average Bonchev–Trinajstić information content (AvgIpc) is 3.36. The smallest absolute Gasteiger partial charge is 0.505 e. The van der Waals surface area contributed by atoms with Gasteiger partial charge >= 0.3 is 11.6 Å². The van der Waals surface area contributed by atoms with E-state index in [9.17, 15) is 24.3 Å². The van der Waals surface area contributed by atoms with Gasteiger partial charge in [0.15, 0.2) is 23.1 Å². The van der Waals surface area contributed by atoms with Crippen LogP contribution in [-0.4, -0.2) is 68.4 Å². The van der Waals surface area contributed by atoms with Gasteiger partial charge < -0.3 is 19.3 Å². The van der Waals surface area contributed by atoms with Gasteiger partial charge in [-0.2, -0.15) is 20.7 Å². The van der Waals surface area contributed by atoms with Crippen LogP contribution in [0.2, 0.25) is 0 Å². The van der Waals surface area contributed by atoms with Crippen LogP contribution in [0.1, 0.15) is 49.9 Å². The Morgan fingerprint density at radius 3 is 1.42 bits per heavy atom. The van der Waals surface area contributed by atoms with E-state index in [0.29, 0.717) is 34.2 Å². The Morgan fingerprint density at radius 1 is 0.592 bits per heavy atom. The van der Waals surface area contributed by atoms with Crippen molar-refractivity contribution in [2.24, 2.45) is 0 Å². The summed E-state index contributed by atoms with van der Waals surface area (Å²) < 4.78 is 17.1. The summed E-state index contributed by atoms with van der Waals surface area (Å²) in [5, 5.41) is 36.5. The quantitative estimate of drug-likeness (QED) is 0.0937. The first kappa shape index (κ1) is 51.0. The summed E-state index contributed by atoms with van der Waals surface area (Å²) in [6, 6.07) is 39.5. The zero-order valence-electron chi connectivity index (χ0n) is 38.6. The van der Waals surface area contributed by atoms with E-state index >= 15 is 0 Å². The Morgan fingerprint density at radius 2 is 1.01 bits per heavy atom. The number of nitriles is 2. The van der Waals surface area contributed by atoms with Gasteiger partial charge in [-0.3, -0.25) is 9.59 Å². The number of carbonyl (C=O) groups is 2. The highest BCUT2D eigenvalue weighted by Crippen LogP contribution is 2.22. The lowest BCUT2D eigenvalue weighted by molar-refractivity contribution is 0.0726. The Labute approximate surface area is 411 Å². The van der Waals surface area contributed by atoms with Crippen molar-refractivity contribution in [1.29, 1.82) is 10.5 Å². The molecule has 0 saturated carbocycles. The maximum absolute atomic E-state index is 12.4. The highest BCUT2D eigenvalue weighted by molar-refractivity contribution is 6.61. The zero-order valence-corrected chi connectivity index (χ0v) is 39.3. The number of rotatable bonds is 11. The van der Waals surface area contributed by atoms with E-state index < -0.39 is 11.6 Å². The summed E-state index contributed by atoms with van der Waals surface area (Å²) >= 11 is 4.81. The number of hydrogen-bond donors (Lipinski definition) is 1. The molecule has 0 aliphatic rings. The van der Waals surface area contributed by atoms with Crippen LogP contribution >= 0.6 is 11.6 Å². The molecule has 0 atom stereocenters. The zero-order chi connectivity index (χ0) is 50.9. The van der Waals surface area contributed by atoms with E-state index in [1.54, 1.807) is 76.2 Å². The monoisotopic (exact) mass is 970 g/mol. The van der Waals surface area contributed by atoms with Gasteiger partial charge in [0.1, 0.15) is 0 Å². The van der Waals surface area contributed by atoms with Crippen LogP contribution in [0, 0.1) is 22.7 Å². The lowest BCUT2D eigenvalue weighted by Gasteiger charge is -2.09. The second-order valence-electron chi connectivity index (χ2n) is 15.6. The van der Waals surface area contributed by atoms with E-state index in [1.807, 2.05) is 60.7 Å². The Kier molecular flexibility index (Phi) is 17.7. The maximum atomic E-state index is 12.4. The number of nitrogens with zero attached hydrogens (tertiary/aromatic N) is 10. The summed E-state index contributed by atoms with van der Waals surface area (Å²) in [5.74, 6) is 1.08. The molecule has 4 aromatic heterocycles. The second-order valence-corrected chi connectivity index (χ2v) is 16.0. The van der Waals surface area contributed by atoms with Crippen molar-refractivity contribution in [2.75, 3.05) is 0 Å². The molecule has 71 heavy (non-hydrogen) atoms. The fourth-order valence-corrected chi connectivity index (χ4v) is 6.56. The first-order chi connectivity index (χ1) is 34.2. The Balaban J connectivity index is 0.000000208. The predicted molar refractivity (Wildman–Crippen MR) is 262 cm³/mol. The third kappa shape index (κ3) is 15.3. The van der Waals surface area contributed by atoms with Gasteiger partial charge in [-0.15, -0.1) is 0 Å². The standard InChI is InChI=1S/C26H21N5O4.C22H15N5O2.C4H7ClO2/c1-17(2)34-26(33)35-22-14-28-25(29-15-22)21-8-4-6-19(12-21)16-31-24(32)10-9-23(30-31)20-7-3-5-18(11-20)13-27;23-11-15-3-1-5-17(9-15)20-7-8-21(29)27(26-20)14-16-4-2-6-18(10-16)22-24-12-19(28)13-25-22;1-3(2)7-4(5)6/h3-12,14-15,17H,16H2,1-2H3;1-10,12-13,28H,14H2;3H,1-2H3. The fraction of sp³-hybridized carbons (Fsp3) is 0.154. The number of benzene rings is 4. The summed E-state index contributed by atoms with van der Waals surface area (Å²) in [7, 11) is 0. The number of halogens is 1. The molecule has 1 N–H and O–H groups in total. The molecule has 0 amide bonds. The Hall–Kier alpha value is -9.39. The number of hydrogen-bond acceptors (Lipinski definition) is 16. The highest BCUT2D eigenvalue weighted by atomic mass is 35.5.